The van der Waals surface area contributed by atoms with Crippen LogP contribution in [0, 0.1) is 10.1 Å². The third-order valence-corrected chi connectivity index (χ3v) is 4.83. The molecule has 28 heavy (non-hydrogen) atoms. The van der Waals surface area contributed by atoms with Crippen LogP contribution in [0.25, 0.3) is 0 Å². The zero-order valence-corrected chi connectivity index (χ0v) is 17.5. The van der Waals surface area contributed by atoms with Crippen LogP contribution in [0.15, 0.2) is 23.4 Å². The molecule has 0 amide bonds. The van der Waals surface area contributed by atoms with Crippen molar-refractivity contribution in [2.45, 2.75) is 40.7 Å². The van der Waals surface area contributed by atoms with Crippen LogP contribution in [0.1, 0.15) is 46.2 Å². The Morgan fingerprint density at radius 1 is 1.25 bits per heavy atom. The first-order chi connectivity index (χ1) is 13.3. The van der Waals surface area contributed by atoms with Gasteiger partial charge in [0.05, 0.1) is 24.2 Å². The number of thiocarbonyl (C=S) groups is 1. The van der Waals surface area contributed by atoms with E-state index >= 15 is 0 Å². The van der Waals surface area contributed by atoms with Gasteiger partial charge in [0.25, 0.3) is 0 Å². The van der Waals surface area contributed by atoms with Crippen LogP contribution < -0.4 is 14.8 Å². The van der Waals surface area contributed by atoms with Gasteiger partial charge in [0.2, 0.25) is 5.75 Å². The van der Waals surface area contributed by atoms with E-state index in [2.05, 4.69) is 5.32 Å². The highest BCUT2D eigenvalue weighted by atomic mass is 32.1. The van der Waals surface area contributed by atoms with Crippen LogP contribution >= 0.6 is 12.2 Å². The quantitative estimate of drug-likeness (QED) is 0.397. The van der Waals surface area contributed by atoms with Crippen LogP contribution in [0.4, 0.5) is 5.69 Å². The van der Waals surface area contributed by atoms with E-state index in [0.29, 0.717) is 35.2 Å². The number of ketones is 1. The predicted octanol–water partition coefficient (Wildman–Crippen LogP) is 3.51. The van der Waals surface area contributed by atoms with Crippen molar-refractivity contribution >= 4 is 28.8 Å². The number of rotatable bonds is 8. The maximum atomic E-state index is 12.5. The molecule has 0 spiro atoms. The largest absolute Gasteiger partial charge is 0.493 e. The van der Waals surface area contributed by atoms with Crippen molar-refractivity contribution in [2.75, 3.05) is 19.8 Å². The molecular weight excluding hydrogens is 382 g/mol. The molecule has 1 unspecified atom stereocenters. The summed E-state index contributed by atoms with van der Waals surface area (Å²) < 4.78 is 11.2. The number of Topliss-reactive ketones (excluding diaryl/α,β-unsaturated/α-hetero) is 1. The second-order valence-electron chi connectivity index (χ2n) is 6.16. The minimum absolute atomic E-state index is 0.123. The summed E-state index contributed by atoms with van der Waals surface area (Å²) in [6.45, 7) is 10.0. The number of hydrogen-bond donors (Lipinski definition) is 1. The first-order valence-corrected chi connectivity index (χ1v) is 9.55. The lowest BCUT2D eigenvalue weighted by atomic mass is 9.91. The van der Waals surface area contributed by atoms with Crippen LogP contribution in [-0.4, -0.2) is 40.5 Å². The summed E-state index contributed by atoms with van der Waals surface area (Å²) in [4.78, 5) is 25.4. The molecule has 0 aliphatic carbocycles. The fraction of sp³-hybridized carbons (Fsp3) is 0.474. The fourth-order valence-corrected chi connectivity index (χ4v) is 3.72. The zero-order valence-electron chi connectivity index (χ0n) is 16.7. The summed E-state index contributed by atoms with van der Waals surface area (Å²) in [6, 6.07) is 2.25. The van der Waals surface area contributed by atoms with Gasteiger partial charge in [-0.3, -0.25) is 14.9 Å². The van der Waals surface area contributed by atoms with E-state index in [1.165, 1.54) is 19.1 Å². The predicted molar refractivity (Wildman–Crippen MR) is 110 cm³/mol. The molecule has 0 saturated carbocycles. The van der Waals surface area contributed by atoms with Gasteiger partial charge in [-0.15, -0.1) is 0 Å². The van der Waals surface area contributed by atoms with E-state index < -0.39 is 11.0 Å². The third-order valence-electron chi connectivity index (χ3n) is 4.49. The van der Waals surface area contributed by atoms with Gasteiger partial charge in [0, 0.05) is 35.5 Å². The highest BCUT2D eigenvalue weighted by molar-refractivity contribution is 7.80. The van der Waals surface area contributed by atoms with Gasteiger partial charge >= 0.3 is 5.69 Å². The molecule has 8 nitrogen and oxygen atoms in total. The first-order valence-electron chi connectivity index (χ1n) is 9.14. The molecule has 1 aromatic rings. The van der Waals surface area contributed by atoms with E-state index in [-0.39, 0.29) is 23.8 Å². The van der Waals surface area contributed by atoms with Gasteiger partial charge in [0.1, 0.15) is 5.75 Å². The summed E-state index contributed by atoms with van der Waals surface area (Å²) in [5, 5.41) is 15.2. The minimum atomic E-state index is -0.649. The molecular formula is C19H25N3O5S. The van der Waals surface area contributed by atoms with E-state index in [9.17, 15) is 14.9 Å². The van der Waals surface area contributed by atoms with Crippen molar-refractivity contribution in [2.24, 2.45) is 0 Å². The third kappa shape index (κ3) is 4.09. The van der Waals surface area contributed by atoms with Crippen LogP contribution in [0.5, 0.6) is 11.5 Å². The maximum Gasteiger partial charge on any atom is 0.311 e. The summed E-state index contributed by atoms with van der Waals surface area (Å²) in [5.41, 5.74) is 1.50. The Labute approximate surface area is 169 Å². The lowest BCUT2D eigenvalue weighted by Crippen LogP contribution is -2.47. The van der Waals surface area contributed by atoms with Crippen LogP contribution in [-0.2, 0) is 4.79 Å². The number of nitro benzene ring substituents is 1. The van der Waals surface area contributed by atoms with Crippen molar-refractivity contribution in [3.63, 3.8) is 0 Å². The van der Waals surface area contributed by atoms with Crippen LogP contribution in [0.3, 0.4) is 0 Å². The second-order valence-corrected chi connectivity index (χ2v) is 6.55. The number of nitrogens with zero attached hydrogens (tertiary/aromatic N) is 2. The summed E-state index contributed by atoms with van der Waals surface area (Å²) in [5.74, 6) is 0.390. The molecule has 0 saturated heterocycles. The highest BCUT2D eigenvalue weighted by Crippen LogP contribution is 2.41. The van der Waals surface area contributed by atoms with Gasteiger partial charge in [-0.05, 0) is 46.8 Å². The number of allylic oxidation sites excluding steroid dienone is 1. The minimum Gasteiger partial charge on any atom is -0.493 e. The molecule has 1 aliphatic heterocycles. The molecule has 0 bridgehead atoms. The van der Waals surface area contributed by atoms with Crippen molar-refractivity contribution in [1.82, 2.24) is 10.2 Å². The molecule has 1 aliphatic rings. The van der Waals surface area contributed by atoms with Gasteiger partial charge in [-0.25, -0.2) is 0 Å². The number of benzene rings is 1. The van der Waals surface area contributed by atoms with E-state index in [4.69, 9.17) is 21.7 Å². The Morgan fingerprint density at radius 3 is 2.36 bits per heavy atom. The van der Waals surface area contributed by atoms with Gasteiger partial charge in [0.15, 0.2) is 10.9 Å². The number of hydrogen-bond acceptors (Lipinski definition) is 6. The van der Waals surface area contributed by atoms with Crippen molar-refractivity contribution < 1.29 is 19.2 Å². The first kappa shape index (κ1) is 21.6. The second kappa shape index (κ2) is 9.01. The van der Waals surface area contributed by atoms with Gasteiger partial charge in [-0.1, -0.05) is 0 Å². The molecule has 1 aromatic carbocycles. The topological polar surface area (TPSA) is 93.9 Å². The summed E-state index contributed by atoms with van der Waals surface area (Å²) in [7, 11) is 0. The lowest BCUT2D eigenvalue weighted by Gasteiger charge is -2.37. The lowest BCUT2D eigenvalue weighted by molar-refractivity contribution is -0.385. The van der Waals surface area contributed by atoms with Crippen molar-refractivity contribution in [3.05, 3.63) is 39.1 Å². The number of nitrogens with one attached hydrogen (secondary N) is 1. The molecule has 0 radical (unpaired) electrons. The Kier molecular flexibility index (Phi) is 6.95. The monoisotopic (exact) mass is 407 g/mol. The van der Waals surface area contributed by atoms with E-state index in [0.717, 1.165) is 5.70 Å². The average molecular weight is 407 g/mol. The molecule has 9 heteroatoms. The highest BCUT2D eigenvalue weighted by Gasteiger charge is 2.35. The smallest absolute Gasteiger partial charge is 0.311 e. The molecule has 1 atom stereocenters. The van der Waals surface area contributed by atoms with Crippen molar-refractivity contribution in [3.8, 4) is 11.5 Å². The molecule has 1 N–H and O–H groups in total. The molecule has 1 heterocycles. The molecule has 0 fully saturated rings. The SMILES string of the molecule is CCOc1cc(OCC)c([N+](=O)[O-])cc1C1NC(=S)N(CC)C(C)=C1C(C)=O. The van der Waals surface area contributed by atoms with Gasteiger partial charge < -0.3 is 19.7 Å². The maximum absolute atomic E-state index is 12.5. The normalized spacial score (nSPS) is 16.7. The Hall–Kier alpha value is -2.68. The van der Waals surface area contributed by atoms with Gasteiger partial charge in [-0.2, -0.15) is 0 Å². The number of ether oxygens (including phenoxy) is 2. The Balaban J connectivity index is 2.74. The number of carbonyl (C=O) groups is 1. The Bertz CT molecular complexity index is 837. The standard InChI is InChI=1S/C19H25N3O5S/c1-6-21-11(4)17(12(5)23)18(20-19(21)28)13-9-14(22(24)25)16(27-8-3)10-15(13)26-7-2/h9-10,18H,6-8H2,1-5H3,(H,20,28). The number of nitro groups is 1. The fourth-order valence-electron chi connectivity index (χ4n) is 3.34. The van der Waals surface area contributed by atoms with E-state index in [1.54, 1.807) is 6.92 Å². The van der Waals surface area contributed by atoms with Crippen molar-refractivity contribution in [1.29, 1.82) is 0 Å². The van der Waals surface area contributed by atoms with E-state index in [1.807, 2.05) is 25.7 Å². The molecule has 2 rings (SSSR count). The van der Waals surface area contributed by atoms with Crippen LogP contribution in [0.2, 0.25) is 0 Å². The zero-order chi connectivity index (χ0) is 21.0. The molecule has 152 valence electrons. The molecule has 0 aromatic heterocycles. The summed E-state index contributed by atoms with van der Waals surface area (Å²) >= 11 is 5.45. The average Bonchev–Trinajstić information content (AvgIpc) is 2.61. The Morgan fingerprint density at radius 2 is 1.86 bits per heavy atom. The number of carbonyl (C=O) groups excluding carboxylic acids is 1. The summed E-state index contributed by atoms with van der Waals surface area (Å²) in [6.07, 6.45) is 0.